The molecule has 1 aromatic heterocycles. The van der Waals surface area contributed by atoms with Gasteiger partial charge >= 0.3 is 0 Å². The average molecular weight is 293 g/mol. The van der Waals surface area contributed by atoms with Crippen LogP contribution in [0.3, 0.4) is 0 Å². The number of piperazine rings is 1. The highest BCUT2D eigenvalue weighted by molar-refractivity contribution is 5.34. The first-order valence-electron chi connectivity index (χ1n) is 7.79. The van der Waals surface area contributed by atoms with Crippen molar-refractivity contribution < 1.29 is 4.74 Å². The molecule has 2 heterocycles. The first kappa shape index (κ1) is 16.0. The summed E-state index contributed by atoms with van der Waals surface area (Å²) < 4.78 is 5.37. The summed E-state index contributed by atoms with van der Waals surface area (Å²) in [6, 6.07) is 0.371. The van der Waals surface area contributed by atoms with Gasteiger partial charge in [0.1, 0.15) is 5.82 Å². The standard InChI is InChI=1S/C15H27N5O/c1-4-21-15-12-16-11-14(18-15)17-13(2)5-6-20-9-7-19(3)8-10-20/h11-13H,4-10H2,1-3H3,(H,17,18). The Morgan fingerprint density at radius 3 is 2.76 bits per heavy atom. The minimum absolute atomic E-state index is 0.371. The van der Waals surface area contributed by atoms with E-state index in [1.807, 2.05) is 6.92 Å². The van der Waals surface area contributed by atoms with Crippen LogP contribution in [0.25, 0.3) is 0 Å². The largest absolute Gasteiger partial charge is 0.477 e. The smallest absolute Gasteiger partial charge is 0.234 e. The number of rotatable bonds is 7. The molecule has 1 fully saturated rings. The second-order valence-corrected chi connectivity index (χ2v) is 5.65. The van der Waals surface area contributed by atoms with Gasteiger partial charge in [-0.2, -0.15) is 4.98 Å². The molecule has 6 nitrogen and oxygen atoms in total. The predicted octanol–water partition coefficient (Wildman–Crippen LogP) is 1.31. The Bertz CT molecular complexity index is 420. The lowest BCUT2D eigenvalue weighted by Gasteiger charge is -2.33. The molecule has 1 N–H and O–H groups in total. The number of ether oxygens (including phenoxy) is 1. The van der Waals surface area contributed by atoms with E-state index in [-0.39, 0.29) is 0 Å². The highest BCUT2D eigenvalue weighted by Crippen LogP contribution is 2.11. The summed E-state index contributed by atoms with van der Waals surface area (Å²) in [4.78, 5) is 13.4. The number of anilines is 1. The summed E-state index contributed by atoms with van der Waals surface area (Å²) in [7, 11) is 2.19. The molecule has 118 valence electrons. The maximum Gasteiger partial charge on any atom is 0.234 e. The summed E-state index contributed by atoms with van der Waals surface area (Å²) in [5.74, 6) is 1.36. The third-order valence-corrected chi connectivity index (χ3v) is 3.77. The third-order valence-electron chi connectivity index (χ3n) is 3.77. The first-order chi connectivity index (χ1) is 10.2. The lowest BCUT2D eigenvalue weighted by Crippen LogP contribution is -2.45. The fourth-order valence-corrected chi connectivity index (χ4v) is 2.41. The molecule has 1 aliphatic rings. The van der Waals surface area contributed by atoms with Crippen molar-refractivity contribution in [2.45, 2.75) is 26.3 Å². The summed E-state index contributed by atoms with van der Waals surface area (Å²) in [6.07, 6.45) is 4.49. The molecule has 6 heteroatoms. The Morgan fingerprint density at radius 1 is 1.29 bits per heavy atom. The van der Waals surface area contributed by atoms with Crippen molar-refractivity contribution in [3.63, 3.8) is 0 Å². The zero-order valence-electron chi connectivity index (χ0n) is 13.4. The molecule has 21 heavy (non-hydrogen) atoms. The van der Waals surface area contributed by atoms with Gasteiger partial charge in [-0.25, -0.2) is 0 Å². The van der Waals surface area contributed by atoms with E-state index in [0.29, 0.717) is 18.5 Å². The molecule has 0 bridgehead atoms. The lowest BCUT2D eigenvalue weighted by atomic mass is 10.2. The molecule has 1 unspecified atom stereocenters. The molecule has 0 saturated carbocycles. The van der Waals surface area contributed by atoms with E-state index >= 15 is 0 Å². The van der Waals surface area contributed by atoms with Crippen LogP contribution in [0.4, 0.5) is 5.82 Å². The van der Waals surface area contributed by atoms with Crippen LogP contribution in [0, 0.1) is 0 Å². The van der Waals surface area contributed by atoms with Crippen molar-refractivity contribution in [2.24, 2.45) is 0 Å². The highest BCUT2D eigenvalue weighted by Gasteiger charge is 2.14. The molecular formula is C15H27N5O. The Labute approximate surface area is 127 Å². The molecule has 0 radical (unpaired) electrons. The Kier molecular flexibility index (Phi) is 6.20. The maximum atomic E-state index is 5.37. The van der Waals surface area contributed by atoms with E-state index < -0.39 is 0 Å². The molecule has 1 saturated heterocycles. The minimum Gasteiger partial charge on any atom is -0.477 e. The SMILES string of the molecule is CCOc1cncc(NC(C)CCN2CCN(C)CC2)n1. The fourth-order valence-electron chi connectivity index (χ4n) is 2.41. The normalized spacial score (nSPS) is 18.4. The molecule has 0 amide bonds. The zero-order valence-corrected chi connectivity index (χ0v) is 13.4. The Hall–Kier alpha value is -1.40. The van der Waals surface area contributed by atoms with Gasteiger partial charge in [0.2, 0.25) is 5.88 Å². The van der Waals surface area contributed by atoms with E-state index in [4.69, 9.17) is 4.74 Å². The van der Waals surface area contributed by atoms with Crippen LogP contribution in [0.15, 0.2) is 12.4 Å². The van der Waals surface area contributed by atoms with Crippen LogP contribution in [-0.2, 0) is 0 Å². The van der Waals surface area contributed by atoms with E-state index in [9.17, 15) is 0 Å². The first-order valence-corrected chi connectivity index (χ1v) is 7.79. The van der Waals surface area contributed by atoms with Crippen LogP contribution in [0.2, 0.25) is 0 Å². The predicted molar refractivity (Wildman–Crippen MR) is 84.8 cm³/mol. The van der Waals surface area contributed by atoms with Crippen LogP contribution in [-0.4, -0.2) is 72.2 Å². The Balaban J connectivity index is 1.73. The van der Waals surface area contributed by atoms with Crippen molar-refractivity contribution in [2.75, 3.05) is 51.7 Å². The van der Waals surface area contributed by atoms with Gasteiger partial charge in [-0.05, 0) is 27.3 Å². The van der Waals surface area contributed by atoms with Crippen LogP contribution >= 0.6 is 0 Å². The van der Waals surface area contributed by atoms with Crippen molar-refractivity contribution >= 4 is 5.82 Å². The number of hydrogen-bond acceptors (Lipinski definition) is 6. The van der Waals surface area contributed by atoms with Gasteiger partial charge in [-0.3, -0.25) is 4.98 Å². The minimum atomic E-state index is 0.371. The number of aromatic nitrogens is 2. The molecule has 1 atom stereocenters. The van der Waals surface area contributed by atoms with Crippen LogP contribution in [0.1, 0.15) is 20.3 Å². The summed E-state index contributed by atoms with van der Waals surface area (Å²) in [6.45, 7) is 10.5. The zero-order chi connectivity index (χ0) is 15.1. The van der Waals surface area contributed by atoms with Gasteiger partial charge in [0.15, 0.2) is 0 Å². The van der Waals surface area contributed by atoms with Crippen LogP contribution < -0.4 is 10.1 Å². The van der Waals surface area contributed by atoms with E-state index in [1.54, 1.807) is 12.4 Å². The van der Waals surface area contributed by atoms with Gasteiger partial charge in [-0.15, -0.1) is 0 Å². The van der Waals surface area contributed by atoms with Crippen molar-refractivity contribution in [3.8, 4) is 5.88 Å². The third kappa shape index (κ3) is 5.47. The summed E-state index contributed by atoms with van der Waals surface area (Å²) in [5.41, 5.74) is 0. The van der Waals surface area contributed by atoms with Crippen molar-refractivity contribution in [1.29, 1.82) is 0 Å². The highest BCUT2D eigenvalue weighted by atomic mass is 16.5. The van der Waals surface area contributed by atoms with Gasteiger partial charge in [0.05, 0.1) is 19.0 Å². The molecule has 0 aromatic carbocycles. The summed E-state index contributed by atoms with van der Waals surface area (Å²) in [5, 5.41) is 3.40. The summed E-state index contributed by atoms with van der Waals surface area (Å²) >= 11 is 0. The van der Waals surface area contributed by atoms with Gasteiger partial charge in [-0.1, -0.05) is 0 Å². The number of hydrogen-bond donors (Lipinski definition) is 1. The fraction of sp³-hybridized carbons (Fsp3) is 0.733. The van der Waals surface area contributed by atoms with Gasteiger partial charge in [0, 0.05) is 38.8 Å². The van der Waals surface area contributed by atoms with Gasteiger partial charge in [0.25, 0.3) is 0 Å². The van der Waals surface area contributed by atoms with E-state index in [2.05, 4.69) is 39.1 Å². The quantitative estimate of drug-likeness (QED) is 0.818. The lowest BCUT2D eigenvalue weighted by molar-refractivity contribution is 0.151. The number of likely N-dealkylation sites (N-methyl/N-ethyl adjacent to an activating group) is 1. The Morgan fingerprint density at radius 2 is 2.05 bits per heavy atom. The topological polar surface area (TPSA) is 53.5 Å². The van der Waals surface area contributed by atoms with Crippen molar-refractivity contribution in [3.05, 3.63) is 12.4 Å². The molecule has 2 rings (SSSR count). The van der Waals surface area contributed by atoms with Crippen LogP contribution in [0.5, 0.6) is 5.88 Å². The molecule has 0 spiro atoms. The molecule has 1 aromatic rings. The van der Waals surface area contributed by atoms with E-state index in [1.165, 1.54) is 26.2 Å². The van der Waals surface area contributed by atoms with Crippen molar-refractivity contribution in [1.82, 2.24) is 19.8 Å². The monoisotopic (exact) mass is 293 g/mol. The second-order valence-electron chi connectivity index (χ2n) is 5.65. The average Bonchev–Trinajstić information content (AvgIpc) is 2.47. The van der Waals surface area contributed by atoms with Gasteiger partial charge < -0.3 is 19.9 Å². The maximum absolute atomic E-state index is 5.37. The number of nitrogens with zero attached hydrogens (tertiary/aromatic N) is 4. The van der Waals surface area contributed by atoms with E-state index in [0.717, 1.165) is 18.8 Å². The molecule has 1 aliphatic heterocycles. The molecule has 0 aliphatic carbocycles. The molecular weight excluding hydrogens is 266 g/mol. The number of nitrogens with one attached hydrogen (secondary N) is 1. The second kappa shape index (κ2) is 8.14.